The molecule has 0 aliphatic rings. The zero-order chi connectivity index (χ0) is 15.4. The van der Waals surface area contributed by atoms with Crippen LogP contribution in [0.4, 0.5) is 4.39 Å². The second-order valence-corrected chi connectivity index (χ2v) is 5.65. The number of rotatable bonds is 7. The van der Waals surface area contributed by atoms with Crippen molar-refractivity contribution in [3.05, 3.63) is 24.3 Å². The summed E-state index contributed by atoms with van der Waals surface area (Å²) < 4.78 is 22.6. The van der Waals surface area contributed by atoms with Crippen molar-refractivity contribution >= 4 is 12.6 Å². The van der Waals surface area contributed by atoms with Crippen LogP contribution in [-0.4, -0.2) is 41.7 Å². The minimum absolute atomic E-state index is 0.00410. The topological polar surface area (TPSA) is 58.9 Å². The minimum Gasteiger partial charge on any atom is -0.491 e. The van der Waals surface area contributed by atoms with E-state index in [-0.39, 0.29) is 6.61 Å². The molecular weight excluding hydrogens is 262 g/mol. The molecule has 1 rings (SSSR count). The Bertz CT molecular complexity index is 414. The highest BCUT2D eigenvalue weighted by Gasteiger charge is 2.39. The molecular formula is C14H22BFO4. The van der Waals surface area contributed by atoms with Crippen molar-refractivity contribution in [1.29, 1.82) is 0 Å². The van der Waals surface area contributed by atoms with Crippen LogP contribution in [0.3, 0.4) is 0 Å². The molecule has 0 aliphatic heterocycles. The number of aliphatic hydroxyl groups is 1. The molecule has 112 valence electrons. The first-order valence-electron chi connectivity index (χ1n) is 6.54. The van der Waals surface area contributed by atoms with Gasteiger partial charge in [0.1, 0.15) is 19.0 Å². The Kier molecular flexibility index (Phi) is 5.56. The van der Waals surface area contributed by atoms with Gasteiger partial charge in [-0.15, -0.1) is 0 Å². The predicted molar refractivity (Wildman–Crippen MR) is 77.0 cm³/mol. The van der Waals surface area contributed by atoms with Gasteiger partial charge >= 0.3 is 7.12 Å². The number of alkyl halides is 1. The molecule has 6 heteroatoms. The molecule has 0 spiro atoms. The quantitative estimate of drug-likeness (QED) is 0.741. The van der Waals surface area contributed by atoms with E-state index in [1.807, 2.05) is 0 Å². The van der Waals surface area contributed by atoms with E-state index in [9.17, 15) is 14.5 Å². The lowest BCUT2D eigenvalue weighted by Crippen LogP contribution is -2.53. The van der Waals surface area contributed by atoms with E-state index in [0.29, 0.717) is 11.2 Å². The van der Waals surface area contributed by atoms with Crippen LogP contribution in [0.2, 0.25) is 0 Å². The van der Waals surface area contributed by atoms with Crippen molar-refractivity contribution in [1.82, 2.24) is 0 Å². The van der Waals surface area contributed by atoms with Gasteiger partial charge < -0.3 is 19.5 Å². The fourth-order valence-electron chi connectivity index (χ4n) is 1.38. The van der Waals surface area contributed by atoms with Crippen LogP contribution in [0.15, 0.2) is 24.3 Å². The summed E-state index contributed by atoms with van der Waals surface area (Å²) in [6.45, 7) is 6.10. The van der Waals surface area contributed by atoms with Crippen molar-refractivity contribution in [2.75, 3.05) is 13.3 Å². The first-order chi connectivity index (χ1) is 9.17. The molecule has 0 heterocycles. The summed E-state index contributed by atoms with van der Waals surface area (Å²) in [5.74, 6) is 0.528. The van der Waals surface area contributed by atoms with Crippen LogP contribution >= 0.6 is 0 Å². The number of ether oxygens (including phenoxy) is 1. The van der Waals surface area contributed by atoms with E-state index in [0.717, 1.165) is 0 Å². The highest BCUT2D eigenvalue weighted by atomic mass is 19.1. The third kappa shape index (κ3) is 4.47. The highest BCUT2D eigenvalue weighted by molar-refractivity contribution is 6.60. The van der Waals surface area contributed by atoms with Crippen LogP contribution in [0.5, 0.6) is 5.75 Å². The third-order valence-electron chi connectivity index (χ3n) is 3.39. The molecule has 0 saturated carbocycles. The van der Waals surface area contributed by atoms with Gasteiger partial charge in [-0.1, -0.05) is 12.1 Å². The summed E-state index contributed by atoms with van der Waals surface area (Å²) in [5, 5.41) is 20.0. The Morgan fingerprint density at radius 3 is 2.15 bits per heavy atom. The Labute approximate surface area is 119 Å². The van der Waals surface area contributed by atoms with Gasteiger partial charge in [0.2, 0.25) is 0 Å². The van der Waals surface area contributed by atoms with Crippen LogP contribution in [0.25, 0.3) is 0 Å². The van der Waals surface area contributed by atoms with E-state index in [2.05, 4.69) is 0 Å². The van der Waals surface area contributed by atoms with Crippen molar-refractivity contribution in [2.45, 2.75) is 38.9 Å². The van der Waals surface area contributed by atoms with E-state index in [1.165, 1.54) is 0 Å². The van der Waals surface area contributed by atoms with Gasteiger partial charge in [-0.3, -0.25) is 0 Å². The van der Waals surface area contributed by atoms with Gasteiger partial charge in [-0.05, 0) is 45.3 Å². The molecule has 0 saturated heterocycles. The van der Waals surface area contributed by atoms with Crippen LogP contribution in [0, 0.1) is 0 Å². The van der Waals surface area contributed by atoms with Gasteiger partial charge in [0, 0.05) is 0 Å². The second-order valence-electron chi connectivity index (χ2n) is 5.65. The van der Waals surface area contributed by atoms with E-state index < -0.39 is 25.0 Å². The standard InChI is InChI=1S/C14H22BFO4/c1-13(2,17)14(3,4)20-15(18)11-5-7-12(8-6-11)19-10-9-16/h5-8,17-18H,9-10H2,1-4H3. The van der Waals surface area contributed by atoms with E-state index in [4.69, 9.17) is 9.39 Å². The summed E-state index contributed by atoms with van der Waals surface area (Å²) in [4.78, 5) is 0. The van der Waals surface area contributed by atoms with Crippen molar-refractivity contribution < 1.29 is 23.9 Å². The number of halogens is 1. The van der Waals surface area contributed by atoms with Crippen LogP contribution in [-0.2, 0) is 4.65 Å². The predicted octanol–water partition coefficient (Wildman–Crippen LogP) is 1.29. The average Bonchev–Trinajstić information content (AvgIpc) is 2.35. The molecule has 4 nitrogen and oxygen atoms in total. The third-order valence-corrected chi connectivity index (χ3v) is 3.39. The normalized spacial score (nSPS) is 12.3. The van der Waals surface area contributed by atoms with Crippen LogP contribution in [0.1, 0.15) is 27.7 Å². The summed E-state index contributed by atoms with van der Waals surface area (Å²) in [6, 6.07) is 6.54. The molecule has 0 aliphatic carbocycles. The smallest absolute Gasteiger partial charge is 0.491 e. The summed E-state index contributed by atoms with van der Waals surface area (Å²) in [7, 11) is -1.16. The zero-order valence-corrected chi connectivity index (χ0v) is 12.4. The van der Waals surface area contributed by atoms with Gasteiger partial charge in [0.05, 0.1) is 11.2 Å². The molecule has 0 fully saturated rings. The Balaban J connectivity index is 2.71. The molecule has 0 atom stereocenters. The molecule has 0 aromatic heterocycles. The van der Waals surface area contributed by atoms with Crippen LogP contribution < -0.4 is 10.2 Å². The van der Waals surface area contributed by atoms with E-state index in [1.54, 1.807) is 52.0 Å². The molecule has 1 aromatic carbocycles. The monoisotopic (exact) mass is 284 g/mol. The molecule has 20 heavy (non-hydrogen) atoms. The van der Waals surface area contributed by atoms with Crippen molar-refractivity contribution in [3.63, 3.8) is 0 Å². The number of hydrogen-bond donors (Lipinski definition) is 2. The Morgan fingerprint density at radius 2 is 1.70 bits per heavy atom. The summed E-state index contributed by atoms with van der Waals surface area (Å²) >= 11 is 0. The molecule has 0 radical (unpaired) electrons. The van der Waals surface area contributed by atoms with Gasteiger partial charge in [0.15, 0.2) is 0 Å². The maximum atomic E-state index is 12.0. The average molecular weight is 284 g/mol. The lowest BCUT2D eigenvalue weighted by atomic mass is 9.76. The first kappa shape index (κ1) is 16.9. The summed E-state index contributed by atoms with van der Waals surface area (Å²) in [6.07, 6.45) is 0. The molecule has 1 aromatic rings. The van der Waals surface area contributed by atoms with Crippen molar-refractivity contribution in [2.24, 2.45) is 0 Å². The lowest BCUT2D eigenvalue weighted by Gasteiger charge is -2.38. The van der Waals surface area contributed by atoms with Gasteiger partial charge in [-0.25, -0.2) is 4.39 Å². The van der Waals surface area contributed by atoms with Gasteiger partial charge in [0.25, 0.3) is 0 Å². The molecule has 2 N–H and O–H groups in total. The fraction of sp³-hybridized carbons (Fsp3) is 0.571. The maximum Gasteiger partial charge on any atom is 0.491 e. The fourth-order valence-corrected chi connectivity index (χ4v) is 1.38. The second kappa shape index (κ2) is 6.56. The number of hydrogen-bond acceptors (Lipinski definition) is 4. The largest absolute Gasteiger partial charge is 0.491 e. The molecule has 0 unspecified atom stereocenters. The zero-order valence-electron chi connectivity index (χ0n) is 12.4. The molecule has 0 amide bonds. The summed E-state index contributed by atoms with van der Waals surface area (Å²) in [5.41, 5.74) is -1.48. The maximum absolute atomic E-state index is 12.0. The SMILES string of the molecule is CC(C)(O)C(C)(C)OB(O)c1ccc(OCCF)cc1. The minimum atomic E-state index is -1.16. The van der Waals surface area contributed by atoms with E-state index >= 15 is 0 Å². The number of benzene rings is 1. The van der Waals surface area contributed by atoms with Crippen molar-refractivity contribution in [3.8, 4) is 5.75 Å². The van der Waals surface area contributed by atoms with Gasteiger partial charge in [-0.2, -0.15) is 0 Å². The first-order valence-corrected chi connectivity index (χ1v) is 6.54. The lowest BCUT2D eigenvalue weighted by molar-refractivity contribution is -0.0982. The Hall–Kier alpha value is -1.11. The molecule has 0 bridgehead atoms. The highest BCUT2D eigenvalue weighted by Crippen LogP contribution is 2.25. The Morgan fingerprint density at radius 1 is 1.15 bits per heavy atom.